The Hall–Kier alpha value is -5.31. The normalized spacial score (nSPS) is 24.6. The molecule has 4 atom stereocenters. The second-order valence-electron chi connectivity index (χ2n) is 14.8. The van der Waals surface area contributed by atoms with E-state index >= 15 is 0 Å². The van der Waals surface area contributed by atoms with E-state index in [0.717, 1.165) is 33.2 Å². The second-order valence-corrected chi connectivity index (χ2v) is 16.9. The van der Waals surface area contributed by atoms with Crippen LogP contribution in [0.25, 0.3) is 71.2 Å². The van der Waals surface area contributed by atoms with Crippen molar-refractivity contribution in [2.75, 3.05) is 4.90 Å². The fourth-order valence-electron chi connectivity index (χ4n) is 10.9. The molecule has 0 bridgehead atoms. The largest absolute Gasteiger partial charge is 0.453 e. The van der Waals surface area contributed by atoms with Crippen molar-refractivity contribution in [1.29, 1.82) is 0 Å². The molecule has 2 aliphatic heterocycles. The first-order chi connectivity index (χ1) is 23.7. The Morgan fingerprint density at radius 2 is 1.40 bits per heavy atom. The third-order valence-electron chi connectivity index (χ3n) is 13.0. The molecule has 9 aromatic rings. The van der Waals surface area contributed by atoms with Gasteiger partial charge in [-0.05, 0) is 107 Å². The highest BCUT2D eigenvalue weighted by Crippen LogP contribution is 2.85. The summed E-state index contributed by atoms with van der Waals surface area (Å²) in [6, 6.07) is 38.6. The maximum absolute atomic E-state index is 7.00. The van der Waals surface area contributed by atoms with Gasteiger partial charge in [0, 0.05) is 16.5 Å². The van der Waals surface area contributed by atoms with Crippen molar-refractivity contribution in [3.05, 3.63) is 131 Å². The van der Waals surface area contributed by atoms with E-state index in [9.17, 15) is 0 Å². The molecule has 2 fully saturated rings. The van der Waals surface area contributed by atoms with Crippen LogP contribution < -0.4 is 10.3 Å². The smallest absolute Gasteiger partial charge is 0.224 e. The Bertz CT molecular complexity index is 3190. The number of hydrogen-bond acceptors (Lipinski definition) is 3. The molecule has 0 saturated heterocycles. The summed E-state index contributed by atoms with van der Waals surface area (Å²) in [5.74, 6) is 0. The zero-order chi connectivity index (χ0) is 30.7. The first-order valence-corrected chi connectivity index (χ1v) is 18.5. The highest BCUT2D eigenvalue weighted by molar-refractivity contribution is 7.59. The van der Waals surface area contributed by atoms with Crippen LogP contribution in [-0.4, -0.2) is 4.40 Å². The summed E-state index contributed by atoms with van der Waals surface area (Å²) in [7, 11) is -0.859. The van der Waals surface area contributed by atoms with E-state index in [1.807, 2.05) is 0 Å². The molecule has 6 aromatic carbocycles. The highest BCUT2D eigenvalue weighted by atomic mass is 31.1. The van der Waals surface area contributed by atoms with Crippen LogP contribution in [0.3, 0.4) is 0 Å². The van der Waals surface area contributed by atoms with E-state index in [1.165, 1.54) is 73.2 Å². The third-order valence-corrected chi connectivity index (χ3v) is 15.8. The molecule has 4 nitrogen and oxygen atoms in total. The average Bonchev–Trinajstić information content (AvgIpc) is 3.63. The summed E-state index contributed by atoms with van der Waals surface area (Å²) in [5, 5.41) is 9.28. The summed E-state index contributed by atoms with van der Waals surface area (Å²) < 4.78 is 16.3. The summed E-state index contributed by atoms with van der Waals surface area (Å²) in [6.07, 6.45) is 8.60. The molecular weight excluding hydrogens is 607 g/mol. The first-order valence-electron chi connectivity index (χ1n) is 17.1. The summed E-state index contributed by atoms with van der Waals surface area (Å²) in [4.78, 5) is 2.75. The number of anilines is 2. The lowest BCUT2D eigenvalue weighted by molar-refractivity contribution is 0.291. The van der Waals surface area contributed by atoms with E-state index in [4.69, 9.17) is 8.83 Å². The lowest BCUT2D eigenvalue weighted by atomic mass is 9.65. The number of nitrogens with zero attached hydrogens (tertiary/aromatic N) is 2. The van der Waals surface area contributed by atoms with Crippen molar-refractivity contribution in [3.63, 3.8) is 0 Å². The van der Waals surface area contributed by atoms with Gasteiger partial charge in [0.2, 0.25) is 15.5 Å². The predicted octanol–water partition coefficient (Wildman–Crippen LogP) is 11.2. The topological polar surface area (TPSA) is 33.9 Å². The van der Waals surface area contributed by atoms with E-state index in [0.29, 0.717) is 0 Å². The lowest BCUT2D eigenvalue weighted by Crippen LogP contribution is -2.37. The Kier molecular flexibility index (Phi) is 3.68. The molecule has 5 aliphatic rings. The minimum Gasteiger partial charge on any atom is -0.453 e. The Balaban J connectivity index is 1.25. The van der Waals surface area contributed by atoms with Gasteiger partial charge < -0.3 is 13.7 Å². The van der Waals surface area contributed by atoms with Crippen LogP contribution in [0.5, 0.6) is 0 Å². The molecule has 0 amide bonds. The van der Waals surface area contributed by atoms with Crippen LogP contribution in [0.2, 0.25) is 0 Å². The van der Waals surface area contributed by atoms with Gasteiger partial charge in [0.25, 0.3) is 0 Å². The molecule has 0 N–H and O–H groups in total. The van der Waals surface area contributed by atoms with Crippen molar-refractivity contribution in [1.82, 2.24) is 4.40 Å². The van der Waals surface area contributed by atoms with Gasteiger partial charge >= 0.3 is 0 Å². The third kappa shape index (κ3) is 2.36. The number of allylic oxidation sites excluding steroid dienone is 1. The molecule has 224 valence electrons. The summed E-state index contributed by atoms with van der Waals surface area (Å²) >= 11 is 0. The zero-order valence-electron chi connectivity index (χ0n) is 25.8. The predicted molar refractivity (Wildman–Crippen MR) is 195 cm³/mol. The van der Waals surface area contributed by atoms with Crippen LogP contribution in [0.15, 0.2) is 124 Å². The molecular formula is C43H26N2O2P+. The van der Waals surface area contributed by atoms with Crippen LogP contribution in [-0.2, 0) is 5.41 Å². The SMILES string of the molecule is C1=C2C3c4c(oc5ccc6oc7cc8ccccc8cc7n7c8cccc(c8[p+]4c5c67)N3c3cc4ccccc4cc3C34CCC23C4)=C1. The molecule has 3 aliphatic carbocycles. The average molecular weight is 634 g/mol. The highest BCUT2D eigenvalue weighted by Gasteiger charge is 2.79. The maximum Gasteiger partial charge on any atom is 0.224 e. The fraction of sp³-hybridized carbons (Fsp3) is 0.140. The van der Waals surface area contributed by atoms with Gasteiger partial charge in [-0.15, -0.1) is 0 Å². The molecule has 48 heavy (non-hydrogen) atoms. The number of hydrogen-bond donors (Lipinski definition) is 0. The summed E-state index contributed by atoms with van der Waals surface area (Å²) in [5.41, 5.74) is 13.7. The van der Waals surface area contributed by atoms with Gasteiger partial charge in [0.15, 0.2) is 29.5 Å². The molecule has 0 radical (unpaired) electrons. The Morgan fingerprint density at radius 1 is 0.625 bits per heavy atom. The fourth-order valence-corrected chi connectivity index (χ4v) is 14.0. The van der Waals surface area contributed by atoms with E-state index in [-0.39, 0.29) is 16.9 Å². The maximum atomic E-state index is 7.00. The van der Waals surface area contributed by atoms with E-state index in [2.05, 4.69) is 125 Å². The van der Waals surface area contributed by atoms with Gasteiger partial charge in [-0.25, -0.2) is 0 Å². The van der Waals surface area contributed by atoms with Gasteiger partial charge in [-0.2, -0.15) is 0 Å². The van der Waals surface area contributed by atoms with Crippen LogP contribution >= 0.6 is 7.34 Å². The molecule has 3 aromatic heterocycles. The molecule has 2 saturated carbocycles. The quantitative estimate of drug-likeness (QED) is 0.123. The molecule has 0 spiro atoms. The summed E-state index contributed by atoms with van der Waals surface area (Å²) in [6.45, 7) is 0. The van der Waals surface area contributed by atoms with Gasteiger partial charge in [0.05, 0.1) is 16.7 Å². The first kappa shape index (κ1) is 23.9. The monoisotopic (exact) mass is 633 g/mol. The van der Waals surface area contributed by atoms with Crippen molar-refractivity contribution >= 4 is 89.9 Å². The second kappa shape index (κ2) is 7.38. The van der Waals surface area contributed by atoms with Crippen LogP contribution in [0, 0.1) is 5.41 Å². The van der Waals surface area contributed by atoms with Crippen molar-refractivity contribution in [2.24, 2.45) is 5.41 Å². The Morgan fingerprint density at radius 3 is 2.23 bits per heavy atom. The minimum atomic E-state index is -0.859. The number of fused-ring (bicyclic) bond motifs is 8. The van der Waals surface area contributed by atoms with E-state index < -0.39 is 7.34 Å². The zero-order valence-corrected chi connectivity index (χ0v) is 26.7. The number of benzene rings is 6. The number of aromatic nitrogens is 1. The number of rotatable bonds is 0. The van der Waals surface area contributed by atoms with Crippen molar-refractivity contribution in [3.8, 4) is 0 Å². The van der Waals surface area contributed by atoms with E-state index in [1.54, 1.807) is 11.1 Å². The van der Waals surface area contributed by atoms with Gasteiger partial charge in [0.1, 0.15) is 11.6 Å². The molecule has 14 rings (SSSR count). The minimum absolute atomic E-state index is 0.153. The molecule has 4 unspecified atom stereocenters. The van der Waals surface area contributed by atoms with Crippen molar-refractivity contribution in [2.45, 2.75) is 30.7 Å². The molecule has 5 heterocycles. The van der Waals surface area contributed by atoms with Crippen molar-refractivity contribution < 1.29 is 8.83 Å². The van der Waals surface area contributed by atoms with Gasteiger partial charge in [-0.3, -0.25) is 4.40 Å². The van der Waals surface area contributed by atoms with Gasteiger partial charge in [-0.1, -0.05) is 60.7 Å². The Labute approximate surface area is 274 Å². The van der Waals surface area contributed by atoms with Crippen LogP contribution in [0.1, 0.15) is 36.2 Å². The standard InChI is InChI=1S/C43H26N2O2P/c1-2-7-24-19-31-28(18-23(24)6-1)43-17-16-42(43,22-43)27-12-13-34-40-37(27)44(31)29-10-5-11-30-39(29)48(40)41-35(47-34)15-14-33-38(41)45(30)32-20-25-8-3-4-9-26(25)21-36(32)46-33/h1-15,18-21,37H,16-17,22H2/q+1. The van der Waals surface area contributed by atoms with Crippen LogP contribution in [0.4, 0.5) is 11.4 Å². The molecule has 5 heteroatoms. The lowest BCUT2D eigenvalue weighted by Gasteiger charge is -2.40.